The van der Waals surface area contributed by atoms with E-state index in [1.54, 1.807) is 24.3 Å². The van der Waals surface area contributed by atoms with Crippen LogP contribution in [0.2, 0.25) is 0 Å². The number of benzene rings is 1. The van der Waals surface area contributed by atoms with E-state index in [2.05, 4.69) is 5.32 Å². The third-order valence-electron chi connectivity index (χ3n) is 2.12. The lowest BCUT2D eigenvalue weighted by Crippen LogP contribution is -2.36. The highest BCUT2D eigenvalue weighted by molar-refractivity contribution is 5.14. The van der Waals surface area contributed by atoms with E-state index in [4.69, 9.17) is 0 Å². The van der Waals surface area contributed by atoms with Crippen LogP contribution in [0, 0.1) is 0 Å². The summed E-state index contributed by atoms with van der Waals surface area (Å²) in [4.78, 5) is 0. The Kier molecular flexibility index (Phi) is 4.51. The van der Waals surface area contributed by atoms with E-state index in [0.29, 0.717) is 6.92 Å². The van der Waals surface area contributed by atoms with Crippen LogP contribution in [0.15, 0.2) is 30.3 Å². The first kappa shape index (κ1) is 14.0. The van der Waals surface area contributed by atoms with Crippen molar-refractivity contribution in [1.29, 1.82) is 0 Å². The summed E-state index contributed by atoms with van der Waals surface area (Å²) >= 11 is 0. The standard InChI is InChI=1S/C12H15F4N/c1-11(13,14)8-12(15,16)9-17-7-10-5-3-2-4-6-10/h2-6,17H,7-9H2,1H3. The minimum atomic E-state index is -3.40. The van der Waals surface area contributed by atoms with Gasteiger partial charge in [-0.3, -0.25) is 0 Å². The number of alkyl halides is 4. The molecule has 0 aliphatic rings. The van der Waals surface area contributed by atoms with Crippen molar-refractivity contribution >= 4 is 0 Å². The maximum atomic E-state index is 13.1. The van der Waals surface area contributed by atoms with E-state index in [9.17, 15) is 17.6 Å². The molecule has 96 valence electrons. The number of halogens is 4. The second kappa shape index (κ2) is 5.49. The largest absolute Gasteiger partial charge is 0.307 e. The average Bonchev–Trinajstić information content (AvgIpc) is 2.15. The molecule has 0 aromatic heterocycles. The van der Waals surface area contributed by atoms with Gasteiger partial charge in [-0.1, -0.05) is 30.3 Å². The van der Waals surface area contributed by atoms with Crippen LogP contribution in [-0.4, -0.2) is 18.4 Å². The number of nitrogens with one attached hydrogen (secondary N) is 1. The molecule has 0 bridgehead atoms. The molecule has 0 fully saturated rings. The zero-order chi connectivity index (χ0) is 12.9. The summed E-state index contributed by atoms with van der Waals surface area (Å²) in [5, 5.41) is 2.48. The summed E-state index contributed by atoms with van der Waals surface area (Å²) in [5.41, 5.74) is 0.839. The molecule has 0 atom stereocenters. The van der Waals surface area contributed by atoms with Crippen LogP contribution in [0.4, 0.5) is 17.6 Å². The highest BCUT2D eigenvalue weighted by Crippen LogP contribution is 2.29. The Hall–Kier alpha value is -1.10. The van der Waals surface area contributed by atoms with Gasteiger partial charge in [0.15, 0.2) is 0 Å². The van der Waals surface area contributed by atoms with Gasteiger partial charge in [0.05, 0.1) is 13.0 Å². The van der Waals surface area contributed by atoms with Crippen molar-refractivity contribution < 1.29 is 17.6 Å². The van der Waals surface area contributed by atoms with Crippen molar-refractivity contribution in [2.24, 2.45) is 0 Å². The smallest absolute Gasteiger partial charge is 0.266 e. The molecule has 1 N–H and O–H groups in total. The molecule has 0 spiro atoms. The Bertz CT molecular complexity index is 332. The lowest BCUT2D eigenvalue weighted by Gasteiger charge is -2.20. The SMILES string of the molecule is CC(F)(F)CC(F)(F)CNCc1ccccc1. The molecular formula is C12H15F4N. The summed E-state index contributed by atoms with van der Waals surface area (Å²) in [5.74, 6) is -6.75. The van der Waals surface area contributed by atoms with Gasteiger partial charge < -0.3 is 5.32 Å². The maximum Gasteiger partial charge on any atom is 0.266 e. The number of hydrogen-bond acceptors (Lipinski definition) is 1. The summed E-state index contributed by atoms with van der Waals surface area (Å²) in [6.07, 6.45) is -1.43. The van der Waals surface area contributed by atoms with Gasteiger partial charge in [-0.05, 0) is 12.5 Å². The molecule has 17 heavy (non-hydrogen) atoms. The van der Waals surface area contributed by atoms with Gasteiger partial charge in [0, 0.05) is 6.54 Å². The van der Waals surface area contributed by atoms with E-state index in [1.807, 2.05) is 6.07 Å². The summed E-state index contributed by atoms with van der Waals surface area (Å²) in [7, 11) is 0. The first-order valence-electron chi connectivity index (χ1n) is 5.29. The molecule has 0 saturated heterocycles. The second-order valence-corrected chi connectivity index (χ2v) is 4.19. The molecule has 0 aliphatic carbocycles. The molecule has 0 heterocycles. The second-order valence-electron chi connectivity index (χ2n) is 4.19. The first-order chi connectivity index (χ1) is 7.79. The Morgan fingerprint density at radius 2 is 1.65 bits per heavy atom. The molecule has 1 aromatic carbocycles. The maximum absolute atomic E-state index is 13.1. The van der Waals surface area contributed by atoms with Crippen LogP contribution in [0.1, 0.15) is 18.9 Å². The number of rotatable bonds is 6. The predicted octanol–water partition coefficient (Wildman–Crippen LogP) is 3.46. The molecule has 5 heteroatoms. The molecule has 1 aromatic rings. The minimum Gasteiger partial charge on any atom is -0.307 e. The fourth-order valence-corrected chi connectivity index (χ4v) is 1.50. The van der Waals surface area contributed by atoms with Gasteiger partial charge in [-0.25, -0.2) is 17.6 Å². The van der Waals surface area contributed by atoms with E-state index < -0.39 is 24.8 Å². The first-order valence-corrected chi connectivity index (χ1v) is 5.29. The van der Waals surface area contributed by atoms with E-state index in [1.165, 1.54) is 0 Å². The molecule has 0 amide bonds. The van der Waals surface area contributed by atoms with E-state index >= 15 is 0 Å². The van der Waals surface area contributed by atoms with Crippen molar-refractivity contribution in [3.63, 3.8) is 0 Å². The van der Waals surface area contributed by atoms with Gasteiger partial charge >= 0.3 is 0 Å². The van der Waals surface area contributed by atoms with Crippen LogP contribution in [0.25, 0.3) is 0 Å². The topological polar surface area (TPSA) is 12.0 Å². The minimum absolute atomic E-state index is 0.242. The summed E-state index contributed by atoms with van der Waals surface area (Å²) in [6, 6.07) is 8.94. The molecule has 1 nitrogen and oxygen atoms in total. The Morgan fingerprint density at radius 1 is 1.06 bits per heavy atom. The molecule has 1 rings (SSSR count). The van der Waals surface area contributed by atoms with Crippen molar-refractivity contribution in [2.75, 3.05) is 6.54 Å². The molecular weight excluding hydrogens is 234 g/mol. The zero-order valence-corrected chi connectivity index (χ0v) is 9.52. The Labute approximate surface area is 97.8 Å². The van der Waals surface area contributed by atoms with Crippen LogP contribution in [0.3, 0.4) is 0 Å². The van der Waals surface area contributed by atoms with Gasteiger partial charge in [0.1, 0.15) is 0 Å². The van der Waals surface area contributed by atoms with Crippen molar-refractivity contribution in [3.8, 4) is 0 Å². The van der Waals surface area contributed by atoms with Crippen LogP contribution < -0.4 is 5.32 Å². The summed E-state index contributed by atoms with van der Waals surface area (Å²) < 4.78 is 51.1. The lowest BCUT2D eigenvalue weighted by atomic mass is 10.1. The zero-order valence-electron chi connectivity index (χ0n) is 9.52. The van der Waals surface area contributed by atoms with Crippen LogP contribution >= 0.6 is 0 Å². The Morgan fingerprint density at radius 3 is 2.18 bits per heavy atom. The van der Waals surface area contributed by atoms with E-state index in [0.717, 1.165) is 5.56 Å². The van der Waals surface area contributed by atoms with E-state index in [-0.39, 0.29) is 6.54 Å². The van der Waals surface area contributed by atoms with Crippen molar-refractivity contribution in [3.05, 3.63) is 35.9 Å². The Balaban J connectivity index is 2.35. The normalized spacial score (nSPS) is 12.8. The average molecular weight is 249 g/mol. The number of hydrogen-bond donors (Lipinski definition) is 1. The predicted molar refractivity (Wildman–Crippen MR) is 58.3 cm³/mol. The molecule has 0 saturated carbocycles. The molecule has 0 unspecified atom stereocenters. The fourth-order valence-electron chi connectivity index (χ4n) is 1.50. The van der Waals surface area contributed by atoms with Gasteiger partial charge in [0.25, 0.3) is 11.8 Å². The fraction of sp³-hybridized carbons (Fsp3) is 0.500. The third-order valence-corrected chi connectivity index (χ3v) is 2.12. The lowest BCUT2D eigenvalue weighted by molar-refractivity contribution is -0.0986. The van der Waals surface area contributed by atoms with Crippen LogP contribution in [-0.2, 0) is 6.54 Å². The highest BCUT2D eigenvalue weighted by atomic mass is 19.3. The summed E-state index contributed by atoms with van der Waals surface area (Å²) in [6.45, 7) is -0.00482. The highest BCUT2D eigenvalue weighted by Gasteiger charge is 2.39. The van der Waals surface area contributed by atoms with Crippen LogP contribution in [0.5, 0.6) is 0 Å². The molecule has 0 aliphatic heterocycles. The van der Waals surface area contributed by atoms with Gasteiger partial charge in [-0.2, -0.15) is 0 Å². The quantitative estimate of drug-likeness (QED) is 0.761. The van der Waals surface area contributed by atoms with Gasteiger partial charge in [0.2, 0.25) is 0 Å². The van der Waals surface area contributed by atoms with Crippen molar-refractivity contribution in [1.82, 2.24) is 5.32 Å². The monoisotopic (exact) mass is 249 g/mol. The molecule has 0 radical (unpaired) electrons. The third kappa shape index (κ3) is 6.26. The van der Waals surface area contributed by atoms with Gasteiger partial charge in [-0.15, -0.1) is 0 Å². The van der Waals surface area contributed by atoms with Crippen molar-refractivity contribution in [2.45, 2.75) is 31.7 Å².